The number of nitrogens with two attached hydrogens (primary N) is 1. The highest BCUT2D eigenvalue weighted by Gasteiger charge is 2.29. The van der Waals surface area contributed by atoms with Gasteiger partial charge in [-0.2, -0.15) is 0 Å². The lowest BCUT2D eigenvalue weighted by molar-refractivity contribution is 0.0140. The molecule has 2 amide bonds. The van der Waals surface area contributed by atoms with Crippen molar-refractivity contribution < 1.29 is 24.2 Å². The van der Waals surface area contributed by atoms with Crippen LogP contribution in [0.4, 0.5) is 16.2 Å². The Bertz CT molecular complexity index is 799. The molecule has 1 aliphatic heterocycles. The number of nitrogens with zero attached hydrogens (tertiary/aromatic N) is 2. The number of carbonyl (C=O) groups excluding carboxylic acids is 2. The Kier molecular flexibility index (Phi) is 9.64. The summed E-state index contributed by atoms with van der Waals surface area (Å²) in [5.41, 5.74) is 7.07. The average Bonchev–Trinajstić information content (AvgIpc) is 2.74. The van der Waals surface area contributed by atoms with E-state index in [4.69, 9.17) is 15.2 Å². The zero-order valence-corrected chi connectivity index (χ0v) is 20.6. The molecule has 0 radical (unpaired) electrons. The van der Waals surface area contributed by atoms with E-state index >= 15 is 0 Å². The molecule has 33 heavy (non-hydrogen) atoms. The van der Waals surface area contributed by atoms with Crippen molar-refractivity contribution >= 4 is 23.4 Å². The number of carbonyl (C=O) groups is 2. The van der Waals surface area contributed by atoms with Gasteiger partial charge in [0.05, 0.1) is 29.6 Å². The molecular weight excluding hydrogens is 424 g/mol. The number of piperazine rings is 1. The topological polar surface area (TPSA) is 117 Å². The van der Waals surface area contributed by atoms with Crippen LogP contribution in [-0.4, -0.2) is 77.9 Å². The van der Waals surface area contributed by atoms with Crippen LogP contribution in [0.5, 0.6) is 5.75 Å². The van der Waals surface area contributed by atoms with E-state index in [0.717, 1.165) is 19.3 Å². The number of unbranched alkanes of at least 4 members (excludes halogenated alkanes) is 2. The number of hydrogen-bond donors (Lipinski definition) is 3. The Hall–Kier alpha value is -2.68. The van der Waals surface area contributed by atoms with E-state index in [9.17, 15) is 14.7 Å². The van der Waals surface area contributed by atoms with Crippen molar-refractivity contribution in [2.45, 2.75) is 65.6 Å². The molecule has 1 fully saturated rings. The van der Waals surface area contributed by atoms with Gasteiger partial charge < -0.3 is 35.4 Å². The summed E-state index contributed by atoms with van der Waals surface area (Å²) in [5, 5.41) is 12.7. The highest BCUT2D eigenvalue weighted by Crippen LogP contribution is 2.31. The molecule has 0 bridgehead atoms. The fourth-order valence-electron chi connectivity index (χ4n) is 3.42. The van der Waals surface area contributed by atoms with Crippen molar-refractivity contribution in [3.05, 3.63) is 17.7 Å². The lowest BCUT2D eigenvalue weighted by Gasteiger charge is -2.35. The van der Waals surface area contributed by atoms with Crippen LogP contribution in [-0.2, 0) is 4.74 Å². The lowest BCUT2D eigenvalue weighted by atomic mass is 10.1. The van der Waals surface area contributed by atoms with E-state index in [-0.39, 0.29) is 12.0 Å². The number of amides is 2. The van der Waals surface area contributed by atoms with Gasteiger partial charge in [0.1, 0.15) is 11.4 Å². The molecule has 1 atom stereocenters. The SMILES string of the molecule is CCCCCOc1cc(NC[C@H](C)O)c(N)cc1C(=O)N1CCN(C(=O)OC(C)(C)C)CC1. The number of benzene rings is 1. The third kappa shape index (κ3) is 8.31. The van der Waals surface area contributed by atoms with E-state index in [1.165, 1.54) is 0 Å². The van der Waals surface area contributed by atoms with Gasteiger partial charge in [0.25, 0.3) is 5.91 Å². The zero-order chi connectivity index (χ0) is 24.6. The molecule has 0 saturated carbocycles. The zero-order valence-electron chi connectivity index (χ0n) is 20.6. The van der Waals surface area contributed by atoms with Gasteiger partial charge in [0.15, 0.2) is 0 Å². The van der Waals surface area contributed by atoms with Gasteiger partial charge in [0, 0.05) is 38.8 Å². The van der Waals surface area contributed by atoms with Crippen LogP contribution in [0.15, 0.2) is 12.1 Å². The van der Waals surface area contributed by atoms with Gasteiger partial charge in [-0.25, -0.2) is 4.79 Å². The fourth-order valence-corrected chi connectivity index (χ4v) is 3.42. The summed E-state index contributed by atoms with van der Waals surface area (Å²) in [6, 6.07) is 3.36. The second-order valence-electron chi connectivity index (χ2n) is 9.48. The minimum absolute atomic E-state index is 0.182. The molecule has 0 unspecified atom stereocenters. The number of aliphatic hydroxyl groups is 1. The molecule has 0 spiro atoms. The normalized spacial score (nSPS) is 15.2. The van der Waals surface area contributed by atoms with Crippen LogP contribution in [0.3, 0.4) is 0 Å². The van der Waals surface area contributed by atoms with E-state index in [1.54, 1.807) is 28.9 Å². The molecule has 1 saturated heterocycles. The minimum atomic E-state index is -0.560. The smallest absolute Gasteiger partial charge is 0.410 e. The third-order valence-corrected chi connectivity index (χ3v) is 5.19. The van der Waals surface area contributed by atoms with Crippen LogP contribution in [0.25, 0.3) is 0 Å². The van der Waals surface area contributed by atoms with Gasteiger partial charge in [0.2, 0.25) is 0 Å². The predicted octanol–water partition coefficient (Wildman–Crippen LogP) is 3.32. The Balaban J connectivity index is 2.13. The van der Waals surface area contributed by atoms with Crippen molar-refractivity contribution in [1.82, 2.24) is 9.80 Å². The van der Waals surface area contributed by atoms with E-state index in [2.05, 4.69) is 12.2 Å². The largest absolute Gasteiger partial charge is 0.493 e. The minimum Gasteiger partial charge on any atom is -0.493 e. The summed E-state index contributed by atoms with van der Waals surface area (Å²) in [6.45, 7) is 11.7. The first-order chi connectivity index (χ1) is 15.5. The average molecular weight is 465 g/mol. The fraction of sp³-hybridized carbons (Fsp3) is 0.667. The summed E-state index contributed by atoms with van der Waals surface area (Å²) >= 11 is 0. The molecule has 1 heterocycles. The maximum Gasteiger partial charge on any atom is 0.410 e. The van der Waals surface area contributed by atoms with Crippen LogP contribution in [0, 0.1) is 0 Å². The van der Waals surface area contributed by atoms with Crippen LogP contribution >= 0.6 is 0 Å². The molecule has 9 heteroatoms. The third-order valence-electron chi connectivity index (χ3n) is 5.19. The van der Waals surface area contributed by atoms with Gasteiger partial charge in [-0.1, -0.05) is 19.8 Å². The Morgan fingerprint density at radius 3 is 2.36 bits per heavy atom. The second kappa shape index (κ2) is 12.0. The maximum absolute atomic E-state index is 13.3. The molecular formula is C24H40N4O5. The molecule has 1 aromatic rings. The number of nitrogens with one attached hydrogen (secondary N) is 1. The van der Waals surface area contributed by atoms with Crippen molar-refractivity contribution in [2.75, 3.05) is 50.4 Å². The predicted molar refractivity (Wildman–Crippen MR) is 130 cm³/mol. The summed E-state index contributed by atoms with van der Waals surface area (Å²) in [4.78, 5) is 29.0. The van der Waals surface area contributed by atoms with Crippen LogP contribution in [0.2, 0.25) is 0 Å². The molecule has 0 aromatic heterocycles. The molecule has 0 aliphatic carbocycles. The maximum atomic E-state index is 13.3. The second-order valence-corrected chi connectivity index (χ2v) is 9.48. The number of hydrogen-bond acceptors (Lipinski definition) is 7. The first-order valence-corrected chi connectivity index (χ1v) is 11.8. The van der Waals surface area contributed by atoms with Crippen molar-refractivity contribution in [3.63, 3.8) is 0 Å². The molecule has 2 rings (SSSR count). The standard InChI is InChI=1S/C24H40N4O5/c1-6-7-8-13-32-21-15-20(26-16-17(2)29)19(25)14-18(21)22(30)27-9-11-28(12-10-27)23(31)33-24(3,4)5/h14-15,17,26,29H,6-13,16,25H2,1-5H3/t17-/m0/s1. The highest BCUT2D eigenvalue weighted by molar-refractivity contribution is 5.99. The van der Waals surface area contributed by atoms with Crippen molar-refractivity contribution in [3.8, 4) is 5.75 Å². The van der Waals surface area contributed by atoms with Crippen LogP contribution in [0.1, 0.15) is 64.2 Å². The Labute approximate surface area is 197 Å². The van der Waals surface area contributed by atoms with Gasteiger partial charge in [-0.05, 0) is 40.2 Å². The van der Waals surface area contributed by atoms with Crippen molar-refractivity contribution in [2.24, 2.45) is 0 Å². The summed E-state index contributed by atoms with van der Waals surface area (Å²) < 4.78 is 11.4. The van der Waals surface area contributed by atoms with E-state index in [0.29, 0.717) is 62.0 Å². The number of nitrogen functional groups attached to an aromatic ring is 1. The molecule has 9 nitrogen and oxygen atoms in total. The van der Waals surface area contributed by atoms with E-state index in [1.807, 2.05) is 20.8 Å². The summed E-state index contributed by atoms with van der Waals surface area (Å²) in [7, 11) is 0. The molecule has 186 valence electrons. The Morgan fingerprint density at radius 1 is 1.15 bits per heavy atom. The Morgan fingerprint density at radius 2 is 1.79 bits per heavy atom. The summed E-state index contributed by atoms with van der Waals surface area (Å²) in [5.74, 6) is 0.283. The number of aliphatic hydroxyl groups excluding tert-OH is 1. The molecule has 1 aromatic carbocycles. The van der Waals surface area contributed by atoms with E-state index < -0.39 is 11.7 Å². The molecule has 1 aliphatic rings. The first-order valence-electron chi connectivity index (χ1n) is 11.8. The monoisotopic (exact) mass is 464 g/mol. The van der Waals surface area contributed by atoms with Gasteiger partial charge in [-0.3, -0.25) is 4.79 Å². The quantitative estimate of drug-likeness (QED) is 0.379. The van der Waals surface area contributed by atoms with Crippen LogP contribution < -0.4 is 15.8 Å². The molecule has 4 N–H and O–H groups in total. The number of ether oxygens (including phenoxy) is 2. The lowest BCUT2D eigenvalue weighted by Crippen LogP contribution is -2.51. The van der Waals surface area contributed by atoms with Gasteiger partial charge >= 0.3 is 6.09 Å². The van der Waals surface area contributed by atoms with Gasteiger partial charge in [-0.15, -0.1) is 0 Å². The first kappa shape index (κ1) is 26.6. The van der Waals surface area contributed by atoms with Crippen molar-refractivity contribution in [1.29, 1.82) is 0 Å². The number of rotatable bonds is 9. The highest BCUT2D eigenvalue weighted by atomic mass is 16.6. The summed E-state index contributed by atoms with van der Waals surface area (Å²) in [6.07, 6.45) is 2.09. The number of anilines is 2.